The monoisotopic (exact) mass is 419 g/mol. The Labute approximate surface area is 161 Å². The van der Waals surface area contributed by atoms with Crippen molar-refractivity contribution in [3.05, 3.63) is 41.6 Å². The quantitative estimate of drug-likeness (QED) is 0.427. The molecule has 1 fully saturated rings. The van der Waals surface area contributed by atoms with Crippen molar-refractivity contribution in [2.24, 2.45) is 0 Å². The molecule has 3 atom stereocenters. The van der Waals surface area contributed by atoms with Crippen LogP contribution in [-0.4, -0.2) is 64.4 Å². The first kappa shape index (κ1) is 21.6. The number of halogens is 3. The molecule has 1 saturated heterocycles. The Bertz CT molecular complexity index is 955. The highest BCUT2D eigenvalue weighted by Gasteiger charge is 2.59. The van der Waals surface area contributed by atoms with Crippen LogP contribution in [0.5, 0.6) is 0 Å². The highest BCUT2D eigenvalue weighted by atomic mass is 35.5. The van der Waals surface area contributed by atoms with Crippen molar-refractivity contribution >= 4 is 29.4 Å². The highest BCUT2D eigenvalue weighted by Crippen LogP contribution is 2.41. The molecule has 152 valence electrons. The summed E-state index contributed by atoms with van der Waals surface area (Å²) in [5.74, 6) is -3.83. The maximum Gasteiger partial charge on any atom is 0.351 e. The maximum atomic E-state index is 13.7. The number of aliphatic hydroxyl groups is 2. The molecule has 0 aliphatic carbocycles. The van der Waals surface area contributed by atoms with Crippen molar-refractivity contribution in [2.45, 2.75) is 24.4 Å². The molecule has 14 heteroatoms. The lowest BCUT2D eigenvalue weighted by Gasteiger charge is -2.20. The number of nitrogens with zero attached hydrogens (tertiary/aromatic N) is 5. The minimum absolute atomic E-state index is 0. The molecular weight excluding hydrogens is 404 g/mol. The van der Waals surface area contributed by atoms with Crippen molar-refractivity contribution in [2.75, 3.05) is 12.3 Å². The number of hydrogen-bond donors (Lipinski definition) is 4. The number of aliphatic hydroxyl groups excluding tert-OH is 2. The van der Waals surface area contributed by atoms with E-state index in [9.17, 15) is 18.7 Å². The molecule has 0 saturated carbocycles. The largest absolute Gasteiger partial charge is 0.394 e. The zero-order valence-electron chi connectivity index (χ0n) is 14.0. The third-order valence-corrected chi connectivity index (χ3v) is 3.76. The van der Waals surface area contributed by atoms with Gasteiger partial charge in [-0.2, -0.15) is 13.8 Å². The SMILES string of the molecule is Cl.Nc1ccn([C@@H]2O[C@H](CO)[C@@H](O)C2(F)F)c(=O)n1.c1ncc2[nH]cnc2n1. The average molecular weight is 420 g/mol. The summed E-state index contributed by atoms with van der Waals surface area (Å²) in [6, 6.07) is 1.15. The lowest BCUT2D eigenvalue weighted by atomic mass is 10.1. The predicted molar refractivity (Wildman–Crippen MR) is 93.8 cm³/mol. The summed E-state index contributed by atoms with van der Waals surface area (Å²) in [6.07, 6.45) is 0.0739. The lowest BCUT2D eigenvalue weighted by Crippen LogP contribution is -2.41. The molecule has 3 aromatic rings. The number of H-pyrrole nitrogens is 1. The second-order valence-electron chi connectivity index (χ2n) is 5.53. The number of hydrogen-bond acceptors (Lipinski definition) is 9. The Hall–Kier alpha value is -2.74. The fraction of sp³-hybridized carbons (Fsp3) is 0.357. The summed E-state index contributed by atoms with van der Waals surface area (Å²) in [5, 5.41) is 18.1. The summed E-state index contributed by atoms with van der Waals surface area (Å²) >= 11 is 0. The van der Waals surface area contributed by atoms with E-state index in [4.69, 9.17) is 15.6 Å². The van der Waals surface area contributed by atoms with E-state index in [0.29, 0.717) is 10.2 Å². The van der Waals surface area contributed by atoms with Crippen LogP contribution in [-0.2, 0) is 4.74 Å². The number of rotatable bonds is 2. The molecule has 3 aromatic heterocycles. The fourth-order valence-electron chi connectivity index (χ4n) is 2.41. The molecule has 0 bridgehead atoms. The lowest BCUT2D eigenvalue weighted by molar-refractivity contribution is -0.140. The van der Waals surface area contributed by atoms with Gasteiger partial charge < -0.3 is 25.7 Å². The van der Waals surface area contributed by atoms with E-state index >= 15 is 0 Å². The van der Waals surface area contributed by atoms with Gasteiger partial charge in [0.05, 0.1) is 19.1 Å². The minimum Gasteiger partial charge on any atom is -0.394 e. The molecule has 0 radical (unpaired) electrons. The molecule has 0 aromatic carbocycles. The van der Waals surface area contributed by atoms with Crippen LogP contribution in [0.4, 0.5) is 14.6 Å². The first-order valence-corrected chi connectivity index (χ1v) is 7.60. The van der Waals surface area contributed by atoms with Crippen LogP contribution in [0.25, 0.3) is 11.2 Å². The van der Waals surface area contributed by atoms with Crippen LogP contribution in [0.3, 0.4) is 0 Å². The van der Waals surface area contributed by atoms with Gasteiger partial charge >= 0.3 is 11.6 Å². The standard InChI is InChI=1S/C9H11F2N3O4.C5H4N4.ClH/c10-9(11)6(16)4(3-15)18-7(9)14-2-1-5(12)13-8(14)17;1-4-5(8-2-6-1)9-3-7-4;/h1-2,4,6-7,15-16H,3H2,(H2,12,13,17);1-3H,(H,6,7,8,9);1H/t4-,6-,7-;;/m1../s1. The van der Waals surface area contributed by atoms with E-state index < -0.39 is 36.7 Å². The maximum absolute atomic E-state index is 13.7. The molecule has 0 amide bonds. The first-order chi connectivity index (χ1) is 12.8. The smallest absolute Gasteiger partial charge is 0.351 e. The second-order valence-corrected chi connectivity index (χ2v) is 5.53. The van der Waals surface area contributed by atoms with Crippen LogP contribution >= 0.6 is 12.4 Å². The van der Waals surface area contributed by atoms with Gasteiger partial charge in [0.2, 0.25) is 6.23 Å². The molecule has 0 unspecified atom stereocenters. The van der Waals surface area contributed by atoms with Gasteiger partial charge in [0.1, 0.15) is 23.8 Å². The molecule has 0 spiro atoms. The van der Waals surface area contributed by atoms with E-state index in [1.54, 1.807) is 12.5 Å². The van der Waals surface area contributed by atoms with E-state index in [0.717, 1.165) is 17.8 Å². The Balaban J connectivity index is 0.000000235. The highest BCUT2D eigenvalue weighted by molar-refractivity contribution is 5.85. The van der Waals surface area contributed by atoms with Crippen molar-refractivity contribution in [1.29, 1.82) is 0 Å². The van der Waals surface area contributed by atoms with Crippen LogP contribution in [0.2, 0.25) is 0 Å². The van der Waals surface area contributed by atoms with Gasteiger partial charge in [-0.15, -0.1) is 12.4 Å². The summed E-state index contributed by atoms with van der Waals surface area (Å²) in [4.78, 5) is 29.2. The van der Waals surface area contributed by atoms with Crippen molar-refractivity contribution < 1.29 is 23.7 Å². The Morgan fingerprint density at radius 3 is 2.75 bits per heavy atom. The van der Waals surface area contributed by atoms with E-state index in [2.05, 4.69) is 24.9 Å². The van der Waals surface area contributed by atoms with Crippen LogP contribution in [0.15, 0.2) is 35.9 Å². The van der Waals surface area contributed by atoms with Gasteiger partial charge in [-0.25, -0.2) is 19.7 Å². The number of nitrogen functional groups attached to an aromatic ring is 1. The van der Waals surface area contributed by atoms with Crippen molar-refractivity contribution in [3.63, 3.8) is 0 Å². The molecule has 5 N–H and O–H groups in total. The van der Waals surface area contributed by atoms with Crippen molar-refractivity contribution in [1.82, 2.24) is 29.5 Å². The van der Waals surface area contributed by atoms with E-state index in [1.807, 2.05) is 0 Å². The fourth-order valence-corrected chi connectivity index (χ4v) is 2.41. The van der Waals surface area contributed by atoms with Crippen LogP contribution < -0.4 is 11.4 Å². The van der Waals surface area contributed by atoms with Crippen LogP contribution in [0.1, 0.15) is 6.23 Å². The number of nitrogens with two attached hydrogens (primary N) is 1. The second kappa shape index (κ2) is 8.52. The van der Waals surface area contributed by atoms with Gasteiger partial charge in [0.25, 0.3) is 0 Å². The molecule has 1 aliphatic heterocycles. The number of imidazole rings is 1. The average Bonchev–Trinajstić information content (AvgIpc) is 3.20. The van der Waals surface area contributed by atoms with Gasteiger partial charge in [0.15, 0.2) is 11.8 Å². The van der Waals surface area contributed by atoms with Gasteiger partial charge in [-0.3, -0.25) is 4.57 Å². The first-order valence-electron chi connectivity index (χ1n) is 7.60. The van der Waals surface area contributed by atoms with Gasteiger partial charge in [-0.1, -0.05) is 0 Å². The number of fused-ring (bicyclic) bond motifs is 1. The van der Waals surface area contributed by atoms with Crippen molar-refractivity contribution in [3.8, 4) is 0 Å². The third-order valence-electron chi connectivity index (χ3n) is 3.76. The summed E-state index contributed by atoms with van der Waals surface area (Å²) in [7, 11) is 0. The number of nitrogens with one attached hydrogen (secondary N) is 1. The number of anilines is 1. The topological polar surface area (TPSA) is 165 Å². The van der Waals surface area contributed by atoms with E-state index in [-0.39, 0.29) is 18.2 Å². The zero-order chi connectivity index (χ0) is 19.6. The number of ether oxygens (including phenoxy) is 1. The third kappa shape index (κ3) is 4.06. The Morgan fingerprint density at radius 2 is 2.14 bits per heavy atom. The minimum atomic E-state index is -3.71. The van der Waals surface area contributed by atoms with E-state index in [1.165, 1.54) is 6.33 Å². The molecule has 1 aliphatic rings. The number of alkyl halides is 2. The molecule has 4 heterocycles. The normalized spacial score (nSPS) is 22.9. The van der Waals surface area contributed by atoms with Gasteiger partial charge in [0, 0.05) is 6.20 Å². The number of aromatic nitrogens is 6. The zero-order valence-corrected chi connectivity index (χ0v) is 14.8. The summed E-state index contributed by atoms with van der Waals surface area (Å²) in [5.41, 5.74) is 5.80. The Kier molecular flexibility index (Phi) is 6.56. The van der Waals surface area contributed by atoms with Gasteiger partial charge in [-0.05, 0) is 6.07 Å². The van der Waals surface area contributed by atoms with Crippen LogP contribution in [0, 0.1) is 0 Å². The molecular formula is C14H16ClF2N7O4. The predicted octanol–water partition coefficient (Wildman–Crippen LogP) is -0.514. The number of aromatic amines is 1. The summed E-state index contributed by atoms with van der Waals surface area (Å²) in [6.45, 7) is -0.787. The summed E-state index contributed by atoms with van der Waals surface area (Å²) < 4.78 is 32.7. The molecule has 28 heavy (non-hydrogen) atoms. The Morgan fingerprint density at radius 1 is 1.39 bits per heavy atom. The molecule has 11 nitrogen and oxygen atoms in total. The molecule has 4 rings (SSSR count).